The van der Waals surface area contributed by atoms with Gasteiger partial charge in [-0.15, -0.1) is 0 Å². The SMILES string of the molecule is CCCCCCCCC(CCCCCCCC)C(=O)OCCOCCOCCO. The average Bonchev–Trinajstić information content (AvgIpc) is 2.73. The van der Waals surface area contributed by atoms with Gasteiger partial charge in [0.05, 0.1) is 39.0 Å². The van der Waals surface area contributed by atoms with Crippen molar-refractivity contribution >= 4 is 5.97 Å². The molecule has 0 heterocycles. The van der Waals surface area contributed by atoms with Gasteiger partial charge in [-0.05, 0) is 12.8 Å². The third-order valence-electron chi connectivity index (χ3n) is 5.23. The van der Waals surface area contributed by atoms with Crippen molar-refractivity contribution in [2.75, 3.05) is 39.6 Å². The van der Waals surface area contributed by atoms with E-state index in [4.69, 9.17) is 19.3 Å². The lowest BCUT2D eigenvalue weighted by Crippen LogP contribution is -2.20. The van der Waals surface area contributed by atoms with Crippen LogP contribution in [-0.4, -0.2) is 50.7 Å². The molecule has 0 unspecified atom stereocenters. The number of hydrogen-bond acceptors (Lipinski definition) is 5. The van der Waals surface area contributed by atoms with E-state index in [0.717, 1.165) is 25.7 Å². The van der Waals surface area contributed by atoms with Crippen LogP contribution in [0, 0.1) is 5.92 Å². The average molecular weight is 417 g/mol. The number of ether oxygens (including phenoxy) is 3. The Morgan fingerprint density at radius 3 is 1.62 bits per heavy atom. The van der Waals surface area contributed by atoms with Crippen LogP contribution < -0.4 is 0 Å². The fourth-order valence-electron chi connectivity index (χ4n) is 3.43. The Bertz CT molecular complexity index is 319. The lowest BCUT2D eigenvalue weighted by molar-refractivity contribution is -0.150. The molecule has 0 rings (SSSR count). The Morgan fingerprint density at radius 2 is 1.10 bits per heavy atom. The summed E-state index contributed by atoms with van der Waals surface area (Å²) in [4.78, 5) is 12.5. The van der Waals surface area contributed by atoms with Crippen LogP contribution in [0.1, 0.15) is 104 Å². The second kappa shape index (κ2) is 23.6. The summed E-state index contributed by atoms with van der Waals surface area (Å²) in [6, 6.07) is 0. The number of aliphatic hydroxyl groups is 1. The van der Waals surface area contributed by atoms with Crippen molar-refractivity contribution in [1.82, 2.24) is 0 Å². The molecule has 0 atom stereocenters. The normalized spacial score (nSPS) is 11.3. The van der Waals surface area contributed by atoms with Gasteiger partial charge in [-0.3, -0.25) is 4.79 Å². The molecule has 1 N–H and O–H groups in total. The zero-order chi connectivity index (χ0) is 21.4. The van der Waals surface area contributed by atoms with E-state index in [2.05, 4.69) is 13.8 Å². The highest BCUT2D eigenvalue weighted by molar-refractivity contribution is 5.72. The van der Waals surface area contributed by atoms with Gasteiger partial charge in [-0.2, -0.15) is 0 Å². The van der Waals surface area contributed by atoms with Crippen molar-refractivity contribution in [2.24, 2.45) is 5.92 Å². The molecule has 5 heteroatoms. The molecule has 0 fully saturated rings. The minimum absolute atomic E-state index is 0.0240. The summed E-state index contributed by atoms with van der Waals surface area (Å²) >= 11 is 0. The van der Waals surface area contributed by atoms with Crippen molar-refractivity contribution in [2.45, 2.75) is 104 Å². The van der Waals surface area contributed by atoms with Crippen molar-refractivity contribution in [3.8, 4) is 0 Å². The maximum atomic E-state index is 12.5. The summed E-state index contributed by atoms with van der Waals surface area (Å²) in [5.41, 5.74) is 0. The third-order valence-corrected chi connectivity index (χ3v) is 5.23. The first-order chi connectivity index (χ1) is 14.3. The largest absolute Gasteiger partial charge is 0.463 e. The molecule has 0 aliphatic carbocycles. The number of carbonyl (C=O) groups is 1. The number of unbranched alkanes of at least 4 members (excludes halogenated alkanes) is 10. The van der Waals surface area contributed by atoms with E-state index in [0.29, 0.717) is 33.0 Å². The first-order valence-electron chi connectivity index (χ1n) is 12.2. The molecular formula is C24H48O5. The van der Waals surface area contributed by atoms with Gasteiger partial charge >= 0.3 is 5.97 Å². The maximum absolute atomic E-state index is 12.5. The molecular weight excluding hydrogens is 368 g/mol. The smallest absolute Gasteiger partial charge is 0.309 e. The van der Waals surface area contributed by atoms with Crippen LogP contribution in [-0.2, 0) is 19.0 Å². The zero-order valence-corrected chi connectivity index (χ0v) is 19.3. The Kier molecular flexibility index (Phi) is 23.1. The van der Waals surface area contributed by atoms with Gasteiger partial charge in [0, 0.05) is 0 Å². The summed E-state index contributed by atoms with van der Waals surface area (Å²) < 4.78 is 16.0. The summed E-state index contributed by atoms with van der Waals surface area (Å²) in [5, 5.41) is 8.63. The number of aliphatic hydroxyl groups excluding tert-OH is 1. The van der Waals surface area contributed by atoms with Crippen LogP contribution >= 0.6 is 0 Å². The monoisotopic (exact) mass is 416 g/mol. The van der Waals surface area contributed by atoms with E-state index in [1.54, 1.807) is 0 Å². The summed E-state index contributed by atoms with van der Waals surface area (Å²) in [5.74, 6) is -0.00696. The van der Waals surface area contributed by atoms with Gasteiger partial charge in [-0.1, -0.05) is 90.9 Å². The highest BCUT2D eigenvalue weighted by Crippen LogP contribution is 2.20. The van der Waals surface area contributed by atoms with Gasteiger partial charge < -0.3 is 19.3 Å². The Labute approximate surface area is 179 Å². The highest BCUT2D eigenvalue weighted by atomic mass is 16.6. The Morgan fingerprint density at radius 1 is 0.655 bits per heavy atom. The summed E-state index contributed by atoms with van der Waals surface area (Å²) in [6.07, 6.45) is 16.9. The minimum Gasteiger partial charge on any atom is -0.463 e. The predicted octanol–water partition coefficient (Wildman–Crippen LogP) is 5.67. The standard InChI is InChI=1S/C24H48O5/c1-3-5-7-9-11-13-15-23(16-14-12-10-8-6-4-2)24(26)29-22-21-28-20-19-27-18-17-25/h23,25H,3-22H2,1-2H3. The fraction of sp³-hybridized carbons (Fsp3) is 0.958. The van der Waals surface area contributed by atoms with E-state index in [1.165, 1.54) is 64.2 Å². The Balaban J connectivity index is 4.00. The molecule has 0 aromatic rings. The second-order valence-electron chi connectivity index (χ2n) is 7.93. The highest BCUT2D eigenvalue weighted by Gasteiger charge is 2.19. The fourth-order valence-corrected chi connectivity index (χ4v) is 3.43. The predicted molar refractivity (Wildman–Crippen MR) is 119 cm³/mol. The van der Waals surface area contributed by atoms with Crippen LogP contribution in [0.2, 0.25) is 0 Å². The van der Waals surface area contributed by atoms with Crippen molar-refractivity contribution < 1.29 is 24.1 Å². The van der Waals surface area contributed by atoms with E-state index in [1.807, 2.05) is 0 Å². The first-order valence-corrected chi connectivity index (χ1v) is 12.2. The number of rotatable bonds is 23. The maximum Gasteiger partial charge on any atom is 0.309 e. The third kappa shape index (κ3) is 20.4. The van der Waals surface area contributed by atoms with Crippen molar-refractivity contribution in [1.29, 1.82) is 0 Å². The van der Waals surface area contributed by atoms with Gasteiger partial charge in [0.15, 0.2) is 0 Å². The number of esters is 1. The van der Waals surface area contributed by atoms with E-state index >= 15 is 0 Å². The molecule has 0 radical (unpaired) electrons. The van der Waals surface area contributed by atoms with Gasteiger partial charge in [0.2, 0.25) is 0 Å². The molecule has 29 heavy (non-hydrogen) atoms. The lowest BCUT2D eigenvalue weighted by atomic mass is 9.94. The zero-order valence-electron chi connectivity index (χ0n) is 19.3. The molecule has 0 aliphatic heterocycles. The van der Waals surface area contributed by atoms with Gasteiger partial charge in [0.25, 0.3) is 0 Å². The molecule has 0 saturated carbocycles. The Hall–Kier alpha value is -0.650. The molecule has 0 amide bonds. The molecule has 0 aromatic carbocycles. The molecule has 174 valence electrons. The lowest BCUT2D eigenvalue weighted by Gasteiger charge is -2.16. The molecule has 0 spiro atoms. The van der Waals surface area contributed by atoms with Gasteiger partial charge in [-0.25, -0.2) is 0 Å². The minimum atomic E-state index is -0.0488. The molecule has 0 bridgehead atoms. The summed E-state index contributed by atoms with van der Waals surface area (Å²) in [6.45, 7) is 6.44. The van der Waals surface area contributed by atoms with Crippen LogP contribution in [0.15, 0.2) is 0 Å². The quantitative estimate of drug-likeness (QED) is 0.172. The van der Waals surface area contributed by atoms with Gasteiger partial charge in [0.1, 0.15) is 6.61 Å². The van der Waals surface area contributed by atoms with Crippen molar-refractivity contribution in [3.05, 3.63) is 0 Å². The van der Waals surface area contributed by atoms with Crippen molar-refractivity contribution in [3.63, 3.8) is 0 Å². The molecule has 5 nitrogen and oxygen atoms in total. The second-order valence-corrected chi connectivity index (χ2v) is 7.93. The summed E-state index contributed by atoms with van der Waals surface area (Å²) in [7, 11) is 0. The molecule has 0 saturated heterocycles. The van der Waals surface area contributed by atoms with Crippen LogP contribution in [0.4, 0.5) is 0 Å². The number of carbonyl (C=O) groups excluding carboxylic acids is 1. The van der Waals surface area contributed by atoms with Crippen LogP contribution in [0.5, 0.6) is 0 Å². The van der Waals surface area contributed by atoms with Crippen LogP contribution in [0.25, 0.3) is 0 Å². The van der Waals surface area contributed by atoms with Crippen LogP contribution in [0.3, 0.4) is 0 Å². The molecule has 0 aliphatic rings. The molecule has 0 aromatic heterocycles. The van der Waals surface area contributed by atoms with E-state index < -0.39 is 0 Å². The van der Waals surface area contributed by atoms with E-state index in [9.17, 15) is 4.79 Å². The number of hydrogen-bond donors (Lipinski definition) is 1. The first kappa shape index (κ1) is 28.4. The van der Waals surface area contributed by atoms with E-state index in [-0.39, 0.29) is 18.5 Å². The topological polar surface area (TPSA) is 65.0 Å².